The molecule has 2 atom stereocenters. The maximum atomic E-state index is 12.7. The molecule has 43 heavy (non-hydrogen) atoms. The van der Waals surface area contributed by atoms with Crippen LogP contribution >= 0.6 is 0 Å². The van der Waals surface area contributed by atoms with Crippen molar-refractivity contribution in [2.75, 3.05) is 39.5 Å². The molecule has 2 unspecified atom stereocenters. The Hall–Kier alpha value is -3.39. The summed E-state index contributed by atoms with van der Waals surface area (Å²) < 4.78 is 12.3. The van der Waals surface area contributed by atoms with Gasteiger partial charge in [-0.05, 0) is 44.4 Å². The molecule has 3 rings (SSSR count). The van der Waals surface area contributed by atoms with E-state index in [0.29, 0.717) is 50.9 Å². The molecule has 0 spiro atoms. The molecule has 2 heterocycles. The number of nitrogens with zero attached hydrogens (tertiary/aromatic N) is 4. The average molecular weight is 606 g/mol. The normalized spacial score (nSPS) is 21.2. The maximum absolute atomic E-state index is 12.7. The Bertz CT molecular complexity index is 1100. The van der Waals surface area contributed by atoms with Crippen LogP contribution in [0.2, 0.25) is 0 Å². The highest BCUT2D eigenvalue weighted by Gasteiger charge is 2.37. The van der Waals surface area contributed by atoms with Gasteiger partial charge in [-0.25, -0.2) is 4.68 Å². The minimum Gasteiger partial charge on any atom is -0.378 e. The summed E-state index contributed by atoms with van der Waals surface area (Å²) in [6.07, 6.45) is 5.14. The lowest BCUT2D eigenvalue weighted by Gasteiger charge is -2.30. The highest BCUT2D eigenvalue weighted by Crippen LogP contribution is 2.31. The van der Waals surface area contributed by atoms with Gasteiger partial charge in [0.2, 0.25) is 29.5 Å². The molecular weight excluding hydrogens is 558 g/mol. The Morgan fingerprint density at radius 2 is 1.72 bits per heavy atom. The van der Waals surface area contributed by atoms with E-state index in [9.17, 15) is 24.0 Å². The number of amides is 5. The number of rotatable bonds is 17. The van der Waals surface area contributed by atoms with E-state index < -0.39 is 0 Å². The van der Waals surface area contributed by atoms with E-state index in [1.807, 2.05) is 20.8 Å². The molecule has 14 heteroatoms. The smallest absolute Gasteiger partial charge is 0.246 e. The fraction of sp³-hybridized carbons (Fsp3) is 0.759. The zero-order valence-corrected chi connectivity index (χ0v) is 25.8. The van der Waals surface area contributed by atoms with E-state index in [1.165, 1.54) is 4.90 Å². The molecule has 3 N–H and O–H groups in total. The maximum Gasteiger partial charge on any atom is 0.246 e. The SMILES string of the molecule is CC1CC(=O)N(CC2CCC(C(=O)NCc3cn(CCOCCNC(=O)COCC(=O)NC(C)C(C)C)nn3)CC2)C1=O. The number of carbonyl (C=O) groups excluding carboxylic acids is 5. The lowest BCUT2D eigenvalue weighted by Crippen LogP contribution is -2.39. The molecule has 1 aliphatic heterocycles. The molecule has 14 nitrogen and oxygen atoms in total. The van der Waals surface area contributed by atoms with Gasteiger partial charge in [0.15, 0.2) is 0 Å². The van der Waals surface area contributed by atoms with Gasteiger partial charge >= 0.3 is 0 Å². The molecule has 1 aromatic rings. The summed E-state index contributed by atoms with van der Waals surface area (Å²) in [5.74, 6) is -0.511. The van der Waals surface area contributed by atoms with Gasteiger partial charge in [0.05, 0.1) is 32.5 Å². The fourth-order valence-corrected chi connectivity index (χ4v) is 5.03. The van der Waals surface area contributed by atoms with Gasteiger partial charge in [-0.3, -0.25) is 28.9 Å². The Morgan fingerprint density at radius 1 is 1.00 bits per heavy atom. The molecule has 240 valence electrons. The lowest BCUT2D eigenvalue weighted by molar-refractivity contribution is -0.140. The van der Waals surface area contributed by atoms with Crippen LogP contribution in [0.5, 0.6) is 0 Å². The first-order chi connectivity index (χ1) is 20.5. The van der Waals surface area contributed by atoms with Crippen LogP contribution in [0.1, 0.15) is 65.5 Å². The zero-order chi connectivity index (χ0) is 31.4. The topological polar surface area (TPSA) is 174 Å². The van der Waals surface area contributed by atoms with E-state index in [4.69, 9.17) is 9.47 Å². The van der Waals surface area contributed by atoms with Gasteiger partial charge in [0, 0.05) is 37.4 Å². The van der Waals surface area contributed by atoms with Crippen molar-refractivity contribution >= 4 is 29.5 Å². The van der Waals surface area contributed by atoms with Crippen LogP contribution in [0.4, 0.5) is 0 Å². The van der Waals surface area contributed by atoms with Crippen LogP contribution in [-0.4, -0.2) is 95.0 Å². The molecular formula is C29H47N7O7. The third kappa shape index (κ3) is 11.3. The van der Waals surface area contributed by atoms with E-state index >= 15 is 0 Å². The number of hydrogen-bond acceptors (Lipinski definition) is 9. The highest BCUT2D eigenvalue weighted by molar-refractivity contribution is 6.03. The summed E-state index contributed by atoms with van der Waals surface area (Å²) in [5, 5.41) is 16.6. The number of aromatic nitrogens is 3. The second-order valence-corrected chi connectivity index (χ2v) is 11.9. The van der Waals surface area contributed by atoms with Crippen LogP contribution in [0.3, 0.4) is 0 Å². The van der Waals surface area contributed by atoms with Crippen LogP contribution < -0.4 is 16.0 Å². The van der Waals surface area contributed by atoms with Crippen molar-refractivity contribution in [3.05, 3.63) is 11.9 Å². The monoisotopic (exact) mass is 605 g/mol. The summed E-state index contributed by atoms with van der Waals surface area (Å²) in [6.45, 7) is 9.55. The van der Waals surface area contributed by atoms with Gasteiger partial charge < -0.3 is 25.4 Å². The van der Waals surface area contributed by atoms with Gasteiger partial charge in [-0.2, -0.15) is 0 Å². The Morgan fingerprint density at radius 3 is 2.40 bits per heavy atom. The third-order valence-corrected chi connectivity index (χ3v) is 8.05. The highest BCUT2D eigenvalue weighted by atomic mass is 16.5. The molecule has 1 saturated carbocycles. The number of carbonyl (C=O) groups is 5. The predicted octanol–water partition coefficient (Wildman–Crippen LogP) is 0.406. The molecule has 2 aliphatic rings. The number of ether oxygens (including phenoxy) is 2. The first-order valence-corrected chi connectivity index (χ1v) is 15.3. The van der Waals surface area contributed by atoms with E-state index in [-0.39, 0.29) is 73.1 Å². The second-order valence-electron chi connectivity index (χ2n) is 11.9. The largest absolute Gasteiger partial charge is 0.378 e. The first-order valence-electron chi connectivity index (χ1n) is 15.3. The van der Waals surface area contributed by atoms with Crippen molar-refractivity contribution in [2.45, 2.75) is 78.9 Å². The standard InChI is InChI=1S/C29H47N7O7/c1-19(2)21(4)32-26(38)18-43-17-25(37)30-9-11-42-12-10-35-16-24(33-34-35)14-31-28(40)23-7-5-22(6-8-23)15-36-27(39)13-20(3)29(36)41/h16,19-23H,5-15,17-18H2,1-4H3,(H,30,37)(H,31,40)(H,32,38). The quantitative estimate of drug-likeness (QED) is 0.168. The summed E-state index contributed by atoms with van der Waals surface area (Å²) in [7, 11) is 0. The zero-order valence-electron chi connectivity index (χ0n) is 25.8. The van der Waals surface area contributed by atoms with Crippen LogP contribution in [0, 0.1) is 23.7 Å². The number of nitrogens with one attached hydrogen (secondary N) is 3. The lowest BCUT2D eigenvalue weighted by atomic mass is 9.81. The number of hydrogen-bond donors (Lipinski definition) is 3. The summed E-state index contributed by atoms with van der Waals surface area (Å²) in [4.78, 5) is 61.9. The number of imide groups is 1. The molecule has 1 aliphatic carbocycles. The van der Waals surface area contributed by atoms with Crippen LogP contribution in [0.25, 0.3) is 0 Å². The summed E-state index contributed by atoms with van der Waals surface area (Å²) in [6, 6.07) is 0.0353. The minimum absolute atomic E-state index is 0.0188. The predicted molar refractivity (Wildman–Crippen MR) is 155 cm³/mol. The van der Waals surface area contributed by atoms with Crippen LogP contribution in [0.15, 0.2) is 6.20 Å². The summed E-state index contributed by atoms with van der Waals surface area (Å²) >= 11 is 0. The van der Waals surface area contributed by atoms with Crippen molar-refractivity contribution in [3.63, 3.8) is 0 Å². The van der Waals surface area contributed by atoms with Crippen LogP contribution in [-0.2, 0) is 46.5 Å². The van der Waals surface area contributed by atoms with Crippen molar-refractivity contribution in [3.8, 4) is 0 Å². The Labute approximate surface area is 253 Å². The minimum atomic E-state index is -0.325. The molecule has 2 fully saturated rings. The summed E-state index contributed by atoms with van der Waals surface area (Å²) in [5.41, 5.74) is 0.641. The molecule has 0 aromatic carbocycles. The second kappa shape index (κ2) is 17.0. The van der Waals surface area contributed by atoms with Crippen molar-refractivity contribution in [1.82, 2.24) is 35.8 Å². The van der Waals surface area contributed by atoms with Gasteiger partial charge in [-0.15, -0.1) is 5.10 Å². The van der Waals surface area contributed by atoms with Gasteiger partial charge in [0.1, 0.15) is 18.9 Å². The molecule has 5 amide bonds. The van der Waals surface area contributed by atoms with Gasteiger partial charge in [0.25, 0.3) is 0 Å². The average Bonchev–Trinajstić information content (AvgIpc) is 3.52. The molecule has 1 aromatic heterocycles. The van der Waals surface area contributed by atoms with Crippen molar-refractivity contribution < 1.29 is 33.4 Å². The van der Waals surface area contributed by atoms with E-state index in [0.717, 1.165) is 25.7 Å². The third-order valence-electron chi connectivity index (χ3n) is 8.05. The number of likely N-dealkylation sites (tertiary alicyclic amines) is 1. The molecule has 1 saturated heterocycles. The van der Waals surface area contributed by atoms with Crippen molar-refractivity contribution in [1.29, 1.82) is 0 Å². The van der Waals surface area contributed by atoms with E-state index in [1.54, 1.807) is 17.8 Å². The van der Waals surface area contributed by atoms with Crippen molar-refractivity contribution in [2.24, 2.45) is 23.7 Å². The van der Waals surface area contributed by atoms with E-state index in [2.05, 4.69) is 26.3 Å². The fourth-order valence-electron chi connectivity index (χ4n) is 5.03. The molecule has 0 radical (unpaired) electrons. The first kappa shape index (κ1) is 34.1. The molecule has 0 bridgehead atoms. The Balaban J connectivity index is 1.20. The Kier molecular flexibility index (Phi) is 13.5. The van der Waals surface area contributed by atoms with Gasteiger partial charge in [-0.1, -0.05) is 26.0 Å².